The maximum atomic E-state index is 12.9. The van der Waals surface area contributed by atoms with Crippen LogP contribution < -0.4 is 0 Å². The molecule has 2 aromatic carbocycles. The van der Waals surface area contributed by atoms with Gasteiger partial charge in [0.2, 0.25) is 10.0 Å². The molecule has 0 aromatic heterocycles. The topological polar surface area (TPSA) is 71.5 Å². The van der Waals surface area contributed by atoms with E-state index in [4.69, 9.17) is 0 Å². The van der Waals surface area contributed by atoms with Crippen LogP contribution in [0.3, 0.4) is 0 Å². The van der Waals surface area contributed by atoms with Gasteiger partial charge in [-0.05, 0) is 29.3 Å². The minimum atomic E-state index is -3.71. The van der Waals surface area contributed by atoms with Crippen LogP contribution in [-0.4, -0.2) is 45.2 Å². The molecule has 1 fully saturated rings. The standard InChI is InChI=1S/C16H19NO4S2/c1-2-17(15-9-10-22(18,19)12-15)23(20,21)16-8-7-13-5-3-4-6-14(13)11-16/h3-8,11,15H,2,9-10,12H2,1H3/t15-/m1/s1. The lowest BCUT2D eigenvalue weighted by atomic mass is 10.1. The summed E-state index contributed by atoms with van der Waals surface area (Å²) in [4.78, 5) is 0.211. The van der Waals surface area contributed by atoms with E-state index >= 15 is 0 Å². The number of fused-ring (bicyclic) bond motifs is 1. The average Bonchev–Trinajstić information content (AvgIpc) is 2.87. The fourth-order valence-corrected chi connectivity index (χ4v) is 6.61. The molecule has 7 heteroatoms. The van der Waals surface area contributed by atoms with Crippen LogP contribution in [0.15, 0.2) is 47.4 Å². The second-order valence-corrected chi connectivity index (χ2v) is 9.89. The van der Waals surface area contributed by atoms with Gasteiger partial charge in [-0.25, -0.2) is 16.8 Å². The molecule has 0 N–H and O–H groups in total. The zero-order valence-corrected chi connectivity index (χ0v) is 14.5. The van der Waals surface area contributed by atoms with E-state index in [-0.39, 0.29) is 22.9 Å². The van der Waals surface area contributed by atoms with Gasteiger partial charge in [0, 0.05) is 12.6 Å². The zero-order valence-electron chi connectivity index (χ0n) is 12.8. The second-order valence-electron chi connectivity index (χ2n) is 5.77. The van der Waals surface area contributed by atoms with Crippen molar-refractivity contribution in [3.05, 3.63) is 42.5 Å². The number of rotatable bonds is 4. The van der Waals surface area contributed by atoms with E-state index in [0.29, 0.717) is 6.42 Å². The lowest BCUT2D eigenvalue weighted by molar-refractivity contribution is 0.354. The van der Waals surface area contributed by atoms with Crippen LogP contribution in [0, 0.1) is 0 Å². The van der Waals surface area contributed by atoms with Crippen LogP contribution in [0.2, 0.25) is 0 Å². The highest BCUT2D eigenvalue weighted by Crippen LogP contribution is 2.26. The quantitative estimate of drug-likeness (QED) is 0.843. The van der Waals surface area contributed by atoms with Crippen molar-refractivity contribution in [1.82, 2.24) is 4.31 Å². The Morgan fingerprint density at radius 3 is 2.43 bits per heavy atom. The Morgan fingerprint density at radius 1 is 1.13 bits per heavy atom. The predicted octanol–water partition coefficient (Wildman–Crippen LogP) is 2.04. The van der Waals surface area contributed by atoms with E-state index in [1.165, 1.54) is 4.31 Å². The van der Waals surface area contributed by atoms with Crippen molar-refractivity contribution in [2.45, 2.75) is 24.3 Å². The van der Waals surface area contributed by atoms with Gasteiger partial charge in [-0.2, -0.15) is 4.31 Å². The Balaban J connectivity index is 2.00. The molecule has 1 aliphatic heterocycles. The molecule has 0 aliphatic carbocycles. The van der Waals surface area contributed by atoms with E-state index in [0.717, 1.165) is 10.8 Å². The summed E-state index contributed by atoms with van der Waals surface area (Å²) in [5.41, 5.74) is 0. The monoisotopic (exact) mass is 353 g/mol. The lowest BCUT2D eigenvalue weighted by Gasteiger charge is -2.26. The van der Waals surface area contributed by atoms with Crippen LogP contribution in [-0.2, 0) is 19.9 Å². The molecule has 0 unspecified atom stereocenters. The van der Waals surface area contributed by atoms with Crippen molar-refractivity contribution in [3.8, 4) is 0 Å². The van der Waals surface area contributed by atoms with Crippen molar-refractivity contribution in [2.75, 3.05) is 18.1 Å². The molecule has 1 saturated heterocycles. The van der Waals surface area contributed by atoms with Gasteiger partial charge in [0.05, 0.1) is 16.4 Å². The molecule has 1 atom stereocenters. The summed E-state index contributed by atoms with van der Waals surface area (Å²) in [7, 11) is -6.84. The molecule has 3 rings (SSSR count). The van der Waals surface area contributed by atoms with E-state index in [1.54, 1.807) is 25.1 Å². The van der Waals surface area contributed by atoms with Crippen molar-refractivity contribution in [2.24, 2.45) is 0 Å². The molecule has 2 aromatic rings. The van der Waals surface area contributed by atoms with Crippen LogP contribution in [0.1, 0.15) is 13.3 Å². The summed E-state index contributed by atoms with van der Waals surface area (Å²) < 4.78 is 50.5. The van der Waals surface area contributed by atoms with Crippen molar-refractivity contribution >= 4 is 30.6 Å². The summed E-state index contributed by atoms with van der Waals surface area (Å²) >= 11 is 0. The lowest BCUT2D eigenvalue weighted by Crippen LogP contribution is -2.40. The summed E-state index contributed by atoms with van der Waals surface area (Å²) in [6.07, 6.45) is 0.364. The number of benzene rings is 2. The fourth-order valence-electron chi connectivity index (χ4n) is 3.09. The largest absolute Gasteiger partial charge is 0.243 e. The first-order chi connectivity index (χ1) is 10.8. The zero-order chi connectivity index (χ0) is 16.7. The maximum Gasteiger partial charge on any atom is 0.243 e. The molecule has 5 nitrogen and oxygen atoms in total. The average molecular weight is 353 g/mol. The van der Waals surface area contributed by atoms with Crippen molar-refractivity contribution in [1.29, 1.82) is 0 Å². The summed E-state index contributed by atoms with van der Waals surface area (Å²) in [5, 5.41) is 1.82. The summed E-state index contributed by atoms with van der Waals surface area (Å²) in [5.74, 6) is -0.0327. The normalized spacial score (nSPS) is 21.0. The number of sulfonamides is 1. The maximum absolute atomic E-state index is 12.9. The molecular formula is C16H19NO4S2. The van der Waals surface area contributed by atoms with E-state index in [9.17, 15) is 16.8 Å². The Labute approximate surface area is 136 Å². The van der Waals surface area contributed by atoms with Gasteiger partial charge in [0.25, 0.3) is 0 Å². The van der Waals surface area contributed by atoms with Crippen molar-refractivity contribution < 1.29 is 16.8 Å². The van der Waals surface area contributed by atoms with Gasteiger partial charge < -0.3 is 0 Å². The van der Waals surface area contributed by atoms with Gasteiger partial charge in [0.15, 0.2) is 9.84 Å². The summed E-state index contributed by atoms with van der Waals surface area (Å²) in [6, 6.07) is 12.1. The molecule has 124 valence electrons. The number of hydrogen-bond acceptors (Lipinski definition) is 4. The molecule has 23 heavy (non-hydrogen) atoms. The molecule has 0 saturated carbocycles. The van der Waals surface area contributed by atoms with E-state index in [1.807, 2.05) is 24.3 Å². The summed E-state index contributed by atoms with van der Waals surface area (Å²) in [6.45, 7) is 2.00. The van der Waals surface area contributed by atoms with Crippen molar-refractivity contribution in [3.63, 3.8) is 0 Å². The predicted molar refractivity (Wildman–Crippen MR) is 90.6 cm³/mol. The van der Waals surface area contributed by atoms with E-state index in [2.05, 4.69) is 0 Å². The third-order valence-corrected chi connectivity index (χ3v) is 8.03. The highest BCUT2D eigenvalue weighted by molar-refractivity contribution is 7.92. The molecule has 0 radical (unpaired) electrons. The number of sulfone groups is 1. The van der Waals surface area contributed by atoms with Crippen LogP contribution in [0.4, 0.5) is 0 Å². The molecule has 0 amide bonds. The minimum absolute atomic E-state index is 0.0570. The van der Waals surface area contributed by atoms with Gasteiger partial charge >= 0.3 is 0 Å². The smallest absolute Gasteiger partial charge is 0.229 e. The Morgan fingerprint density at radius 2 is 1.83 bits per heavy atom. The van der Waals surface area contributed by atoms with Crippen LogP contribution in [0.5, 0.6) is 0 Å². The molecule has 0 bridgehead atoms. The van der Waals surface area contributed by atoms with Crippen LogP contribution >= 0.6 is 0 Å². The molecule has 1 heterocycles. The van der Waals surface area contributed by atoms with Gasteiger partial charge in [-0.1, -0.05) is 37.3 Å². The second kappa shape index (κ2) is 5.89. The minimum Gasteiger partial charge on any atom is -0.229 e. The number of hydrogen-bond donors (Lipinski definition) is 0. The number of nitrogens with zero attached hydrogens (tertiary/aromatic N) is 1. The van der Waals surface area contributed by atoms with Gasteiger partial charge in [0.1, 0.15) is 0 Å². The molecular weight excluding hydrogens is 334 g/mol. The van der Waals surface area contributed by atoms with Crippen LogP contribution in [0.25, 0.3) is 10.8 Å². The highest BCUT2D eigenvalue weighted by Gasteiger charge is 2.37. The fraction of sp³-hybridized carbons (Fsp3) is 0.375. The Bertz CT molecular complexity index is 935. The Kier molecular flexibility index (Phi) is 4.20. The highest BCUT2D eigenvalue weighted by atomic mass is 32.2. The first-order valence-corrected chi connectivity index (χ1v) is 10.8. The molecule has 0 spiro atoms. The van der Waals surface area contributed by atoms with Gasteiger partial charge in [-0.3, -0.25) is 0 Å². The first kappa shape index (κ1) is 16.4. The third-order valence-electron chi connectivity index (χ3n) is 4.25. The Hall–Kier alpha value is -1.44. The third kappa shape index (κ3) is 3.13. The first-order valence-electron chi connectivity index (χ1n) is 7.54. The van der Waals surface area contributed by atoms with Gasteiger partial charge in [-0.15, -0.1) is 0 Å². The SMILES string of the molecule is CCN([C@@H]1CCS(=O)(=O)C1)S(=O)(=O)c1ccc2ccccc2c1. The molecule has 1 aliphatic rings. The van der Waals surface area contributed by atoms with E-state index < -0.39 is 25.9 Å².